The minimum absolute atomic E-state index is 0.247. The van der Waals surface area contributed by atoms with Crippen LogP contribution in [-0.2, 0) is 35.5 Å². The summed E-state index contributed by atoms with van der Waals surface area (Å²) in [6.45, 7) is 12.3. The smallest absolute Gasteiger partial charge is 0.337 e. The summed E-state index contributed by atoms with van der Waals surface area (Å²) in [4.78, 5) is 27.5. The van der Waals surface area contributed by atoms with Crippen LogP contribution < -0.4 is 0 Å². The molecule has 38 heavy (non-hydrogen) atoms. The van der Waals surface area contributed by atoms with E-state index >= 15 is 0 Å². The Balaban J connectivity index is 1.78. The Labute approximate surface area is 224 Å². The van der Waals surface area contributed by atoms with Gasteiger partial charge in [-0.3, -0.25) is 4.79 Å². The lowest BCUT2D eigenvalue weighted by atomic mass is 9.84. The van der Waals surface area contributed by atoms with Crippen molar-refractivity contribution in [1.29, 1.82) is 0 Å². The number of ether oxygens (including phenoxy) is 1. The lowest BCUT2D eigenvalue weighted by molar-refractivity contribution is -0.160. The van der Waals surface area contributed by atoms with Gasteiger partial charge in [-0.1, -0.05) is 35.9 Å². The number of carboxylic acid groups (broad SMARTS) is 1. The molecule has 0 unspecified atom stereocenters. The Bertz CT molecular complexity index is 1370. The molecule has 1 atom stereocenters. The molecule has 1 heterocycles. The summed E-state index contributed by atoms with van der Waals surface area (Å²) in [7, 11) is 0. The van der Waals surface area contributed by atoms with Gasteiger partial charge in [-0.15, -0.1) is 0 Å². The van der Waals surface area contributed by atoms with Gasteiger partial charge in [0.05, 0.1) is 5.60 Å². The highest BCUT2D eigenvalue weighted by Crippen LogP contribution is 2.40. The predicted octanol–water partition coefficient (Wildman–Crippen LogP) is 6.63. The molecule has 3 aromatic rings. The van der Waals surface area contributed by atoms with Crippen LogP contribution in [0.1, 0.15) is 81.7 Å². The third kappa shape index (κ3) is 5.81. The summed E-state index contributed by atoms with van der Waals surface area (Å²) in [6.07, 6.45) is 0.258. The molecule has 1 aliphatic rings. The molecule has 0 spiro atoms. The van der Waals surface area contributed by atoms with Gasteiger partial charge in [0.1, 0.15) is 5.82 Å². The van der Waals surface area contributed by atoms with Gasteiger partial charge in [-0.2, -0.15) is 0 Å². The van der Waals surface area contributed by atoms with E-state index in [0.29, 0.717) is 30.6 Å². The molecule has 4 rings (SSSR count). The maximum atomic E-state index is 13.8. The maximum Gasteiger partial charge on any atom is 0.337 e. The van der Waals surface area contributed by atoms with Crippen molar-refractivity contribution in [3.05, 3.63) is 104 Å². The number of carbonyl (C=O) groups is 2. The van der Waals surface area contributed by atoms with Crippen molar-refractivity contribution in [3.63, 3.8) is 0 Å². The van der Waals surface area contributed by atoms with E-state index in [0.717, 1.165) is 34.2 Å². The fourth-order valence-corrected chi connectivity index (χ4v) is 5.33. The normalized spacial score (nSPS) is 13.9. The molecule has 0 saturated carbocycles. The number of amides is 1. The van der Waals surface area contributed by atoms with E-state index in [4.69, 9.17) is 4.74 Å². The zero-order chi connectivity index (χ0) is 27.8. The molecule has 0 aliphatic carbocycles. The second kappa shape index (κ2) is 10.7. The molecule has 1 aliphatic heterocycles. The van der Waals surface area contributed by atoms with E-state index in [-0.39, 0.29) is 5.91 Å². The number of hydrogen-bond acceptors (Lipinski definition) is 3. The topological polar surface area (TPSA) is 66.8 Å². The SMILES string of the molecule is Cc1ccc(CCc2c(C)c3c(c(C)c2[C@H](OC(C)(C)C)C(=O)O)CN(C(=O)c2cccc(F)c2)C3)cc1. The Kier molecular flexibility index (Phi) is 7.75. The van der Waals surface area contributed by atoms with Gasteiger partial charge in [0.25, 0.3) is 5.91 Å². The van der Waals surface area contributed by atoms with Gasteiger partial charge in [-0.25, -0.2) is 9.18 Å². The highest BCUT2D eigenvalue weighted by Gasteiger charge is 2.36. The van der Waals surface area contributed by atoms with Crippen LogP contribution in [0.15, 0.2) is 48.5 Å². The van der Waals surface area contributed by atoms with Crippen molar-refractivity contribution in [3.8, 4) is 0 Å². The molecule has 5 nitrogen and oxygen atoms in total. The number of rotatable bonds is 7. The van der Waals surface area contributed by atoms with E-state index in [9.17, 15) is 19.1 Å². The lowest BCUT2D eigenvalue weighted by Crippen LogP contribution is -2.29. The van der Waals surface area contributed by atoms with E-state index in [1.807, 2.05) is 41.5 Å². The van der Waals surface area contributed by atoms with Crippen LogP contribution in [0.25, 0.3) is 0 Å². The quantitative estimate of drug-likeness (QED) is 0.382. The van der Waals surface area contributed by atoms with Crippen LogP contribution >= 0.6 is 0 Å². The van der Waals surface area contributed by atoms with Crippen LogP contribution in [0.4, 0.5) is 4.39 Å². The number of halogens is 1. The molecule has 3 aromatic carbocycles. The Morgan fingerprint density at radius 2 is 1.61 bits per heavy atom. The maximum absolute atomic E-state index is 13.8. The number of carboxylic acids is 1. The first-order chi connectivity index (χ1) is 17.9. The van der Waals surface area contributed by atoms with E-state index in [1.54, 1.807) is 11.0 Å². The third-order valence-electron chi connectivity index (χ3n) is 7.25. The number of fused-ring (bicyclic) bond motifs is 1. The molecular weight excluding hydrogens is 481 g/mol. The average molecular weight is 518 g/mol. The molecule has 1 N–H and O–H groups in total. The van der Waals surface area contributed by atoms with Gasteiger partial charge >= 0.3 is 5.97 Å². The van der Waals surface area contributed by atoms with Crippen LogP contribution in [-0.4, -0.2) is 27.5 Å². The molecule has 0 radical (unpaired) electrons. The molecule has 1 amide bonds. The number of aryl methyl sites for hydroxylation is 2. The number of nitrogens with zero attached hydrogens (tertiary/aromatic N) is 1. The molecule has 0 aromatic heterocycles. The molecule has 6 heteroatoms. The minimum atomic E-state index is -1.14. The Morgan fingerprint density at radius 3 is 2.18 bits per heavy atom. The van der Waals surface area contributed by atoms with Gasteiger partial charge < -0.3 is 14.7 Å². The van der Waals surface area contributed by atoms with Crippen LogP contribution in [0.5, 0.6) is 0 Å². The zero-order valence-corrected chi connectivity index (χ0v) is 23.0. The van der Waals surface area contributed by atoms with Crippen molar-refractivity contribution in [2.45, 2.75) is 79.2 Å². The van der Waals surface area contributed by atoms with E-state index in [2.05, 4.69) is 24.3 Å². The highest BCUT2D eigenvalue weighted by molar-refractivity contribution is 5.94. The number of benzene rings is 3. The van der Waals surface area contributed by atoms with Crippen molar-refractivity contribution in [2.24, 2.45) is 0 Å². The summed E-state index contributed by atoms with van der Waals surface area (Å²) in [5.41, 5.74) is 7.44. The average Bonchev–Trinajstić information content (AvgIpc) is 3.30. The van der Waals surface area contributed by atoms with Crippen molar-refractivity contribution in [2.75, 3.05) is 0 Å². The largest absolute Gasteiger partial charge is 0.479 e. The number of aliphatic carboxylic acids is 1. The minimum Gasteiger partial charge on any atom is -0.479 e. The standard InChI is InChI=1S/C32H36FNO4/c1-19-10-12-22(13-11-19)14-15-25-20(2)26-17-34(30(35)23-8-7-9-24(33)16-23)18-27(26)21(3)28(25)29(31(36)37)38-32(4,5)6/h7-13,16,29H,14-15,17-18H2,1-6H3,(H,36,37)/t29-/m0/s1. The molecule has 0 saturated heterocycles. The van der Waals surface area contributed by atoms with Crippen LogP contribution in [0.2, 0.25) is 0 Å². The first-order valence-corrected chi connectivity index (χ1v) is 13.0. The summed E-state index contributed by atoms with van der Waals surface area (Å²) >= 11 is 0. The monoisotopic (exact) mass is 517 g/mol. The fraction of sp³-hybridized carbons (Fsp3) is 0.375. The van der Waals surface area contributed by atoms with Crippen LogP contribution in [0, 0.1) is 26.6 Å². The molecule has 200 valence electrons. The molecular formula is C32H36FNO4. The van der Waals surface area contributed by atoms with E-state index < -0.39 is 23.5 Å². The van der Waals surface area contributed by atoms with Crippen molar-refractivity contribution < 1.29 is 23.8 Å². The predicted molar refractivity (Wildman–Crippen MR) is 146 cm³/mol. The van der Waals surface area contributed by atoms with Crippen LogP contribution in [0.3, 0.4) is 0 Å². The van der Waals surface area contributed by atoms with Gasteiger partial charge in [0, 0.05) is 18.7 Å². The Hall–Kier alpha value is -3.51. The summed E-state index contributed by atoms with van der Waals surface area (Å²) in [6, 6.07) is 14.1. The second-order valence-electron chi connectivity index (χ2n) is 11.2. The first-order valence-electron chi connectivity index (χ1n) is 13.0. The van der Waals surface area contributed by atoms with Crippen molar-refractivity contribution >= 4 is 11.9 Å². The zero-order valence-electron chi connectivity index (χ0n) is 23.0. The number of hydrogen-bond donors (Lipinski definition) is 1. The van der Waals surface area contributed by atoms with Crippen molar-refractivity contribution in [1.82, 2.24) is 4.90 Å². The fourth-order valence-electron chi connectivity index (χ4n) is 5.33. The van der Waals surface area contributed by atoms with Gasteiger partial charge in [0.15, 0.2) is 6.10 Å². The highest BCUT2D eigenvalue weighted by atomic mass is 19.1. The summed E-state index contributed by atoms with van der Waals surface area (Å²) in [5, 5.41) is 10.3. The van der Waals surface area contributed by atoms with Gasteiger partial charge in [0.2, 0.25) is 0 Å². The third-order valence-corrected chi connectivity index (χ3v) is 7.25. The molecule has 0 fully saturated rings. The summed E-state index contributed by atoms with van der Waals surface area (Å²) < 4.78 is 19.9. The lowest BCUT2D eigenvalue weighted by Gasteiger charge is -2.29. The molecule has 0 bridgehead atoms. The second-order valence-corrected chi connectivity index (χ2v) is 11.2. The Morgan fingerprint density at radius 1 is 0.974 bits per heavy atom. The first kappa shape index (κ1) is 27.5. The van der Waals surface area contributed by atoms with E-state index in [1.165, 1.54) is 29.3 Å². The summed E-state index contributed by atoms with van der Waals surface area (Å²) in [5.74, 6) is -1.74. The van der Waals surface area contributed by atoms with Gasteiger partial charge in [-0.05, 0) is 112 Å². The number of carbonyl (C=O) groups excluding carboxylic acids is 1.